The van der Waals surface area contributed by atoms with Crippen LogP contribution in [-0.2, 0) is 0 Å². The van der Waals surface area contributed by atoms with Crippen molar-refractivity contribution in [1.82, 2.24) is 0 Å². The van der Waals surface area contributed by atoms with E-state index in [2.05, 4.69) is 0 Å². The van der Waals surface area contributed by atoms with Crippen LogP contribution in [0.3, 0.4) is 0 Å². The van der Waals surface area contributed by atoms with Gasteiger partial charge in [-0.3, -0.25) is 0 Å². The highest BCUT2D eigenvalue weighted by atomic mass is 19.2. The number of nitrogens with two attached hydrogens (primary N) is 1. The summed E-state index contributed by atoms with van der Waals surface area (Å²) in [4.78, 5) is 0. The number of rotatable bonds is 2. The summed E-state index contributed by atoms with van der Waals surface area (Å²) >= 11 is 0. The van der Waals surface area contributed by atoms with Crippen LogP contribution in [0.5, 0.6) is 11.5 Å². The predicted octanol–water partition coefficient (Wildman–Crippen LogP) is 3.21. The lowest BCUT2D eigenvalue weighted by Gasteiger charge is -2.07. The summed E-state index contributed by atoms with van der Waals surface area (Å²) in [6, 6.07) is 9.56. The minimum Gasteiger partial charge on any atom is -0.457 e. The van der Waals surface area contributed by atoms with Gasteiger partial charge in [0.25, 0.3) is 0 Å². The molecule has 0 radical (unpaired) electrons. The van der Waals surface area contributed by atoms with Crippen molar-refractivity contribution in [2.75, 3.05) is 5.73 Å². The molecule has 0 unspecified atom stereocenters. The maximum atomic E-state index is 13.0. The Balaban J connectivity index is 2.29. The van der Waals surface area contributed by atoms with E-state index in [1.807, 2.05) is 6.07 Å². The summed E-state index contributed by atoms with van der Waals surface area (Å²) in [6.07, 6.45) is 0. The molecule has 5 heteroatoms. The predicted molar refractivity (Wildman–Crippen MR) is 62.0 cm³/mol. The van der Waals surface area contributed by atoms with Crippen LogP contribution >= 0.6 is 0 Å². The highest BCUT2D eigenvalue weighted by Gasteiger charge is 2.06. The van der Waals surface area contributed by atoms with E-state index in [4.69, 9.17) is 15.7 Å². The Kier molecular flexibility index (Phi) is 3.11. The van der Waals surface area contributed by atoms with Gasteiger partial charge in [0, 0.05) is 17.8 Å². The maximum absolute atomic E-state index is 13.0. The lowest BCUT2D eigenvalue weighted by atomic mass is 10.2. The molecule has 2 rings (SSSR count). The molecule has 2 N–H and O–H groups in total. The molecule has 0 amide bonds. The molecule has 0 aliphatic carbocycles. The largest absolute Gasteiger partial charge is 0.457 e. The van der Waals surface area contributed by atoms with Crippen LogP contribution in [0.4, 0.5) is 14.5 Å². The Morgan fingerprint density at radius 3 is 2.33 bits per heavy atom. The zero-order chi connectivity index (χ0) is 13.1. The quantitative estimate of drug-likeness (QED) is 0.827. The first-order chi connectivity index (χ1) is 8.60. The molecule has 0 spiro atoms. The highest BCUT2D eigenvalue weighted by molar-refractivity contribution is 5.57. The molecule has 0 heterocycles. The molecule has 0 saturated heterocycles. The highest BCUT2D eigenvalue weighted by Crippen LogP contribution is 2.25. The van der Waals surface area contributed by atoms with Gasteiger partial charge in [-0.05, 0) is 24.3 Å². The number of hydrogen-bond donors (Lipinski definition) is 1. The number of benzene rings is 2. The fourth-order valence-corrected chi connectivity index (χ4v) is 1.37. The molecule has 0 aromatic heterocycles. The third-order valence-electron chi connectivity index (χ3n) is 2.27. The van der Waals surface area contributed by atoms with E-state index in [1.54, 1.807) is 0 Å². The lowest BCUT2D eigenvalue weighted by molar-refractivity contribution is 0.461. The lowest BCUT2D eigenvalue weighted by Crippen LogP contribution is -1.92. The topological polar surface area (TPSA) is 59.0 Å². The van der Waals surface area contributed by atoms with E-state index in [-0.39, 0.29) is 11.3 Å². The van der Waals surface area contributed by atoms with Crippen molar-refractivity contribution in [3.8, 4) is 17.6 Å². The SMILES string of the molecule is N#Cc1cc(Oc2ccc(F)c(F)c2)ccc1N. The van der Waals surface area contributed by atoms with E-state index in [0.717, 1.165) is 12.1 Å². The third-order valence-corrected chi connectivity index (χ3v) is 2.27. The molecule has 90 valence electrons. The first-order valence-corrected chi connectivity index (χ1v) is 5.02. The van der Waals surface area contributed by atoms with E-state index in [9.17, 15) is 8.78 Å². The Bertz CT molecular complexity index is 635. The summed E-state index contributed by atoms with van der Waals surface area (Å²) in [5.41, 5.74) is 6.14. The van der Waals surface area contributed by atoms with Gasteiger partial charge in [0.15, 0.2) is 11.6 Å². The molecule has 0 aliphatic heterocycles. The van der Waals surface area contributed by atoms with Crippen molar-refractivity contribution in [2.45, 2.75) is 0 Å². The fourth-order valence-electron chi connectivity index (χ4n) is 1.37. The molecule has 2 aromatic carbocycles. The van der Waals surface area contributed by atoms with Crippen LogP contribution < -0.4 is 10.5 Å². The van der Waals surface area contributed by atoms with Crippen molar-refractivity contribution in [1.29, 1.82) is 5.26 Å². The zero-order valence-electron chi connectivity index (χ0n) is 9.15. The number of nitrogens with zero attached hydrogens (tertiary/aromatic N) is 1. The van der Waals surface area contributed by atoms with Crippen molar-refractivity contribution >= 4 is 5.69 Å². The van der Waals surface area contributed by atoms with Crippen molar-refractivity contribution in [3.05, 3.63) is 53.6 Å². The Morgan fingerprint density at radius 1 is 1.00 bits per heavy atom. The van der Waals surface area contributed by atoms with Crippen LogP contribution in [0.25, 0.3) is 0 Å². The van der Waals surface area contributed by atoms with Gasteiger partial charge in [0.05, 0.1) is 5.56 Å². The van der Waals surface area contributed by atoms with Crippen molar-refractivity contribution in [2.24, 2.45) is 0 Å². The second-order valence-corrected chi connectivity index (χ2v) is 3.54. The first kappa shape index (κ1) is 11.9. The minimum atomic E-state index is -0.997. The number of nitrogen functional groups attached to an aromatic ring is 1. The van der Waals surface area contributed by atoms with Crippen molar-refractivity contribution < 1.29 is 13.5 Å². The molecule has 2 aromatic rings. The molecule has 0 atom stereocenters. The molecule has 3 nitrogen and oxygen atoms in total. The molecule has 0 aliphatic rings. The summed E-state index contributed by atoms with van der Waals surface area (Å²) in [7, 11) is 0. The number of halogens is 2. The Labute approximate surface area is 102 Å². The number of ether oxygens (including phenoxy) is 1. The van der Waals surface area contributed by atoms with Crippen LogP contribution in [0.1, 0.15) is 5.56 Å². The Morgan fingerprint density at radius 2 is 1.67 bits per heavy atom. The average molecular weight is 246 g/mol. The average Bonchev–Trinajstić information content (AvgIpc) is 2.36. The van der Waals surface area contributed by atoms with Crippen LogP contribution in [0.15, 0.2) is 36.4 Å². The molecular weight excluding hydrogens is 238 g/mol. The monoisotopic (exact) mass is 246 g/mol. The van der Waals surface area contributed by atoms with Gasteiger partial charge < -0.3 is 10.5 Å². The summed E-state index contributed by atoms with van der Waals surface area (Å²) in [6.45, 7) is 0. The normalized spacial score (nSPS) is 9.83. The maximum Gasteiger partial charge on any atom is 0.162 e. The number of nitriles is 1. The smallest absolute Gasteiger partial charge is 0.162 e. The van der Waals surface area contributed by atoms with E-state index >= 15 is 0 Å². The van der Waals surface area contributed by atoms with Gasteiger partial charge >= 0.3 is 0 Å². The zero-order valence-corrected chi connectivity index (χ0v) is 9.15. The van der Waals surface area contributed by atoms with Gasteiger partial charge in [-0.2, -0.15) is 5.26 Å². The Hall–Kier alpha value is -2.61. The first-order valence-electron chi connectivity index (χ1n) is 5.02. The summed E-state index contributed by atoms with van der Waals surface area (Å²) < 4.78 is 31.0. The van der Waals surface area contributed by atoms with Crippen molar-refractivity contribution in [3.63, 3.8) is 0 Å². The van der Waals surface area contributed by atoms with Gasteiger partial charge in [-0.25, -0.2) is 8.78 Å². The summed E-state index contributed by atoms with van der Waals surface area (Å²) in [5, 5.41) is 8.79. The standard InChI is InChI=1S/C13H8F2N2O/c14-11-3-1-10(6-12(11)15)18-9-2-4-13(17)8(5-9)7-16/h1-6H,17H2. The third kappa shape index (κ3) is 2.38. The van der Waals surface area contributed by atoms with Gasteiger partial charge in [0.1, 0.15) is 17.6 Å². The summed E-state index contributed by atoms with van der Waals surface area (Å²) in [5.74, 6) is -1.48. The van der Waals surface area contributed by atoms with Gasteiger partial charge in [-0.15, -0.1) is 0 Å². The van der Waals surface area contributed by atoms with Crippen LogP contribution in [0.2, 0.25) is 0 Å². The van der Waals surface area contributed by atoms with E-state index in [1.165, 1.54) is 24.3 Å². The van der Waals surface area contributed by atoms with Gasteiger partial charge in [0.2, 0.25) is 0 Å². The second kappa shape index (κ2) is 4.72. The second-order valence-electron chi connectivity index (χ2n) is 3.54. The molecule has 0 fully saturated rings. The minimum absolute atomic E-state index is 0.141. The van der Waals surface area contributed by atoms with Gasteiger partial charge in [-0.1, -0.05) is 0 Å². The van der Waals surface area contributed by atoms with E-state index in [0.29, 0.717) is 11.4 Å². The molecule has 0 saturated carbocycles. The van der Waals surface area contributed by atoms with Crippen LogP contribution in [0, 0.1) is 23.0 Å². The number of hydrogen-bond acceptors (Lipinski definition) is 3. The fraction of sp³-hybridized carbons (Fsp3) is 0. The number of anilines is 1. The molecular formula is C13H8F2N2O. The molecule has 18 heavy (non-hydrogen) atoms. The van der Waals surface area contributed by atoms with Crippen LogP contribution in [-0.4, -0.2) is 0 Å². The van der Waals surface area contributed by atoms with E-state index < -0.39 is 11.6 Å². The molecule has 0 bridgehead atoms.